The number of rotatable bonds is 4. The van der Waals surface area contributed by atoms with Crippen LogP contribution in [0.4, 0.5) is 18.9 Å². The van der Waals surface area contributed by atoms with E-state index in [4.69, 9.17) is 18.6 Å². The largest absolute Gasteiger partial charge is 0.493 e. The number of alkyl halides is 3. The van der Waals surface area contributed by atoms with Gasteiger partial charge in [0.05, 0.1) is 19.8 Å². The summed E-state index contributed by atoms with van der Waals surface area (Å²) < 4.78 is 60.3. The van der Waals surface area contributed by atoms with Crippen molar-refractivity contribution in [2.75, 3.05) is 19.5 Å². The van der Waals surface area contributed by atoms with E-state index in [0.29, 0.717) is 17.4 Å². The Hall–Kier alpha value is -3.69. The summed E-state index contributed by atoms with van der Waals surface area (Å²) in [5.74, 6) is -0.0884. The van der Waals surface area contributed by atoms with Gasteiger partial charge in [-0.2, -0.15) is 13.2 Å². The first kappa shape index (κ1) is 19.6. The topological polar surface area (TPSA) is 87.0 Å². The third kappa shape index (κ3) is 3.19. The van der Waals surface area contributed by atoms with E-state index in [0.717, 1.165) is 0 Å². The SMILES string of the molecule is COc1ccc2c(c1OC)C(=O)OC2Nc1ccc2c(C(F)(F)F)cc(=O)oc2c1. The molecular weight excluding hydrogens is 407 g/mol. The molecule has 4 rings (SSSR count). The highest BCUT2D eigenvalue weighted by atomic mass is 19.4. The molecule has 1 N–H and O–H groups in total. The Morgan fingerprint density at radius 1 is 1.03 bits per heavy atom. The molecule has 0 saturated heterocycles. The number of anilines is 1. The second-order valence-corrected chi connectivity index (χ2v) is 6.38. The number of benzene rings is 2. The lowest BCUT2D eigenvalue weighted by Crippen LogP contribution is -2.12. The monoisotopic (exact) mass is 421 g/mol. The molecule has 1 aromatic heterocycles. The molecule has 0 fully saturated rings. The lowest BCUT2D eigenvalue weighted by Gasteiger charge is -2.16. The van der Waals surface area contributed by atoms with E-state index in [1.54, 1.807) is 12.1 Å². The molecule has 30 heavy (non-hydrogen) atoms. The fourth-order valence-corrected chi connectivity index (χ4v) is 3.35. The molecule has 1 aliphatic rings. The van der Waals surface area contributed by atoms with Gasteiger partial charge in [0.1, 0.15) is 11.1 Å². The summed E-state index contributed by atoms with van der Waals surface area (Å²) in [5, 5.41) is 2.64. The lowest BCUT2D eigenvalue weighted by atomic mass is 10.1. The van der Waals surface area contributed by atoms with Crippen LogP contribution < -0.4 is 20.4 Å². The molecule has 2 aromatic carbocycles. The quantitative estimate of drug-likeness (QED) is 0.501. The van der Waals surface area contributed by atoms with Crippen molar-refractivity contribution < 1.29 is 36.6 Å². The van der Waals surface area contributed by atoms with Crippen molar-refractivity contribution in [2.24, 2.45) is 0 Å². The van der Waals surface area contributed by atoms with Crippen LogP contribution in [0, 0.1) is 0 Å². The number of esters is 1. The van der Waals surface area contributed by atoms with Crippen LogP contribution in [-0.4, -0.2) is 20.2 Å². The van der Waals surface area contributed by atoms with E-state index >= 15 is 0 Å². The summed E-state index contributed by atoms with van der Waals surface area (Å²) in [6, 6.07) is 7.40. The zero-order chi connectivity index (χ0) is 21.6. The van der Waals surface area contributed by atoms with Crippen LogP contribution in [0.5, 0.6) is 11.5 Å². The van der Waals surface area contributed by atoms with Crippen molar-refractivity contribution in [2.45, 2.75) is 12.4 Å². The van der Waals surface area contributed by atoms with E-state index < -0.39 is 29.6 Å². The Bertz CT molecular complexity index is 1220. The summed E-state index contributed by atoms with van der Waals surface area (Å²) in [6.07, 6.45) is -5.64. The minimum atomic E-state index is -4.71. The highest BCUT2D eigenvalue weighted by Crippen LogP contribution is 2.42. The average molecular weight is 421 g/mol. The number of carbonyl (C=O) groups excluding carboxylic acids is 1. The molecule has 10 heteroatoms. The van der Waals surface area contributed by atoms with Crippen LogP contribution in [-0.2, 0) is 10.9 Å². The smallest absolute Gasteiger partial charge is 0.417 e. The molecule has 0 spiro atoms. The molecule has 1 aliphatic heterocycles. The Morgan fingerprint density at radius 2 is 1.80 bits per heavy atom. The van der Waals surface area contributed by atoms with Gasteiger partial charge in [0.15, 0.2) is 11.5 Å². The first-order valence-corrected chi connectivity index (χ1v) is 8.60. The number of hydrogen-bond acceptors (Lipinski definition) is 7. The van der Waals surface area contributed by atoms with Crippen LogP contribution in [0.15, 0.2) is 45.6 Å². The van der Waals surface area contributed by atoms with E-state index in [2.05, 4.69) is 5.32 Å². The summed E-state index contributed by atoms with van der Waals surface area (Å²) >= 11 is 0. The number of cyclic esters (lactones) is 1. The summed E-state index contributed by atoms with van der Waals surface area (Å²) in [5.41, 5.74) is -1.54. The third-order valence-corrected chi connectivity index (χ3v) is 4.64. The van der Waals surface area contributed by atoms with Crippen molar-refractivity contribution in [1.29, 1.82) is 0 Å². The van der Waals surface area contributed by atoms with Crippen LogP contribution in [0.2, 0.25) is 0 Å². The molecule has 3 aromatic rings. The number of fused-ring (bicyclic) bond motifs is 2. The van der Waals surface area contributed by atoms with Gasteiger partial charge in [0.2, 0.25) is 6.23 Å². The van der Waals surface area contributed by atoms with Gasteiger partial charge in [-0.1, -0.05) is 0 Å². The molecule has 0 bridgehead atoms. The van der Waals surface area contributed by atoms with Gasteiger partial charge < -0.3 is 23.9 Å². The fourth-order valence-electron chi connectivity index (χ4n) is 3.35. The average Bonchev–Trinajstić information content (AvgIpc) is 3.01. The lowest BCUT2D eigenvalue weighted by molar-refractivity contribution is -0.136. The number of carbonyl (C=O) groups is 1. The predicted molar refractivity (Wildman–Crippen MR) is 98.8 cm³/mol. The van der Waals surface area contributed by atoms with Crippen molar-refractivity contribution in [1.82, 2.24) is 0 Å². The van der Waals surface area contributed by atoms with Gasteiger partial charge >= 0.3 is 17.8 Å². The maximum atomic E-state index is 13.2. The van der Waals surface area contributed by atoms with Crippen LogP contribution in [0.25, 0.3) is 11.0 Å². The van der Waals surface area contributed by atoms with Crippen molar-refractivity contribution in [3.8, 4) is 11.5 Å². The third-order valence-electron chi connectivity index (χ3n) is 4.64. The zero-order valence-electron chi connectivity index (χ0n) is 15.6. The number of methoxy groups -OCH3 is 2. The molecule has 0 radical (unpaired) electrons. The maximum absolute atomic E-state index is 13.2. The Kier molecular flexibility index (Phi) is 4.56. The van der Waals surface area contributed by atoms with Crippen molar-refractivity contribution >= 4 is 22.6 Å². The maximum Gasteiger partial charge on any atom is 0.417 e. The first-order valence-electron chi connectivity index (χ1n) is 8.60. The minimum absolute atomic E-state index is 0.182. The molecule has 0 aliphatic carbocycles. The van der Waals surface area contributed by atoms with Crippen molar-refractivity contribution in [3.05, 3.63) is 63.5 Å². The number of ether oxygens (including phenoxy) is 3. The highest BCUT2D eigenvalue weighted by molar-refractivity contribution is 5.98. The predicted octanol–water partition coefficient (Wildman–Crippen LogP) is 4.11. The fraction of sp³-hybridized carbons (Fsp3) is 0.200. The van der Waals surface area contributed by atoms with Gasteiger partial charge in [-0.25, -0.2) is 9.59 Å². The number of halogens is 3. The van der Waals surface area contributed by atoms with E-state index in [-0.39, 0.29) is 28.0 Å². The van der Waals surface area contributed by atoms with Gasteiger partial charge in [0.25, 0.3) is 0 Å². The molecule has 7 nitrogen and oxygen atoms in total. The molecule has 2 heterocycles. The minimum Gasteiger partial charge on any atom is -0.493 e. The van der Waals surface area contributed by atoms with Gasteiger partial charge in [-0.05, 0) is 24.3 Å². The second-order valence-electron chi connectivity index (χ2n) is 6.38. The zero-order valence-corrected chi connectivity index (χ0v) is 15.6. The Balaban J connectivity index is 1.73. The van der Waals surface area contributed by atoms with E-state index in [9.17, 15) is 22.8 Å². The van der Waals surface area contributed by atoms with Crippen molar-refractivity contribution in [3.63, 3.8) is 0 Å². The molecule has 156 valence electrons. The van der Waals surface area contributed by atoms with Gasteiger partial charge in [-0.15, -0.1) is 0 Å². The summed E-state index contributed by atoms with van der Waals surface area (Å²) in [4.78, 5) is 23.9. The van der Waals surface area contributed by atoms with E-state index in [1.807, 2.05) is 0 Å². The standard InChI is InChI=1S/C20H14F3NO6/c1-27-13-6-5-11-16(17(13)28-2)19(26)30-18(11)24-9-3-4-10-12(20(21,22)23)8-15(25)29-14(10)7-9/h3-8,18,24H,1-2H3. The first-order chi connectivity index (χ1) is 14.2. The number of hydrogen-bond donors (Lipinski definition) is 1. The van der Waals surface area contributed by atoms with E-state index in [1.165, 1.54) is 32.4 Å². The highest BCUT2D eigenvalue weighted by Gasteiger charge is 2.36. The van der Waals surface area contributed by atoms with Gasteiger partial charge in [0, 0.05) is 28.8 Å². The Morgan fingerprint density at radius 3 is 2.47 bits per heavy atom. The molecule has 1 unspecified atom stereocenters. The summed E-state index contributed by atoms with van der Waals surface area (Å²) in [7, 11) is 2.81. The Labute approximate surface area is 167 Å². The molecular formula is C20H14F3NO6. The number of nitrogens with one attached hydrogen (secondary N) is 1. The second kappa shape index (κ2) is 6.97. The molecule has 1 atom stereocenters. The van der Waals surface area contributed by atoms with Crippen LogP contribution in [0.3, 0.4) is 0 Å². The van der Waals surface area contributed by atoms with Gasteiger partial charge in [-0.3, -0.25) is 0 Å². The van der Waals surface area contributed by atoms with Crippen LogP contribution >= 0.6 is 0 Å². The summed E-state index contributed by atoms with van der Waals surface area (Å²) in [6.45, 7) is 0. The molecule has 0 amide bonds. The molecule has 0 saturated carbocycles. The normalized spacial score (nSPS) is 15.6. The van der Waals surface area contributed by atoms with Crippen LogP contribution in [0.1, 0.15) is 27.7 Å².